The van der Waals surface area contributed by atoms with Crippen LogP contribution in [0.25, 0.3) is 22.3 Å². The monoisotopic (exact) mass is 513 g/mol. The van der Waals surface area contributed by atoms with Crippen molar-refractivity contribution in [1.29, 1.82) is 0 Å². The summed E-state index contributed by atoms with van der Waals surface area (Å²) < 4.78 is 14.8. The van der Waals surface area contributed by atoms with Crippen molar-refractivity contribution in [3.8, 4) is 11.3 Å². The first-order valence-corrected chi connectivity index (χ1v) is 13.6. The lowest BCUT2D eigenvalue weighted by molar-refractivity contribution is -0.118. The van der Waals surface area contributed by atoms with Gasteiger partial charge >= 0.3 is 0 Å². The zero-order valence-corrected chi connectivity index (χ0v) is 21.0. The number of benzene rings is 2. The highest BCUT2D eigenvalue weighted by Gasteiger charge is 2.51. The van der Waals surface area contributed by atoms with Crippen molar-refractivity contribution < 1.29 is 14.1 Å². The van der Waals surface area contributed by atoms with Crippen LogP contribution in [-0.4, -0.2) is 53.7 Å². The van der Waals surface area contributed by atoms with Gasteiger partial charge in [0.2, 0.25) is 5.91 Å². The highest BCUT2D eigenvalue weighted by Crippen LogP contribution is 2.49. The van der Waals surface area contributed by atoms with Gasteiger partial charge < -0.3 is 10.4 Å². The van der Waals surface area contributed by atoms with Crippen molar-refractivity contribution >= 4 is 33.7 Å². The molecule has 1 amide bonds. The van der Waals surface area contributed by atoms with Gasteiger partial charge in [0.05, 0.1) is 33.6 Å². The quantitative estimate of drug-likeness (QED) is 0.389. The maximum atomic E-state index is 13.3. The molecule has 2 aromatic heterocycles. The normalized spacial score (nSPS) is 19.5. The molecule has 1 unspecified atom stereocenters. The Morgan fingerprint density at radius 2 is 1.84 bits per heavy atom. The summed E-state index contributed by atoms with van der Waals surface area (Å²) >= 11 is 0. The first-order chi connectivity index (χ1) is 18.1. The van der Waals surface area contributed by atoms with Crippen LogP contribution in [0.3, 0.4) is 0 Å². The highest BCUT2D eigenvalue weighted by molar-refractivity contribution is 7.82. The predicted octanol–water partition coefficient (Wildman–Crippen LogP) is 3.84. The number of fused-ring (bicyclic) bond motifs is 1. The predicted molar refractivity (Wildman–Crippen MR) is 142 cm³/mol. The molecular formula is C28H27N5O3S. The average molecular weight is 514 g/mol. The van der Waals surface area contributed by atoms with Crippen molar-refractivity contribution in [3.63, 3.8) is 0 Å². The maximum absolute atomic E-state index is 13.3. The number of aliphatic hydroxyl groups is 1. The molecule has 37 heavy (non-hydrogen) atoms. The second-order valence-corrected chi connectivity index (χ2v) is 11.0. The molecule has 2 fully saturated rings. The van der Waals surface area contributed by atoms with Gasteiger partial charge in [0.25, 0.3) is 0 Å². The summed E-state index contributed by atoms with van der Waals surface area (Å²) in [5, 5.41) is 12.6. The summed E-state index contributed by atoms with van der Waals surface area (Å²) in [5.74, 6) is 0.417. The lowest BCUT2D eigenvalue weighted by Gasteiger charge is -2.21. The number of anilines is 1. The van der Waals surface area contributed by atoms with E-state index in [-0.39, 0.29) is 18.6 Å². The summed E-state index contributed by atoms with van der Waals surface area (Å²) in [6, 6.07) is 18.8. The number of aliphatic hydroxyl groups excluding tert-OH is 1. The Kier molecular flexibility index (Phi) is 6.27. The second-order valence-electron chi connectivity index (χ2n) is 9.60. The topological polar surface area (TPSA) is 108 Å². The minimum absolute atomic E-state index is 0.0164. The first-order valence-electron chi connectivity index (χ1n) is 12.5. The number of nitrogens with one attached hydrogen (secondary N) is 1. The third kappa shape index (κ3) is 4.54. The Balaban J connectivity index is 1.18. The van der Waals surface area contributed by atoms with Gasteiger partial charge in [-0.1, -0.05) is 24.3 Å². The zero-order chi connectivity index (χ0) is 25.4. The second kappa shape index (κ2) is 9.74. The molecule has 1 saturated heterocycles. The molecule has 0 radical (unpaired) electrons. The van der Waals surface area contributed by atoms with E-state index in [9.17, 15) is 14.1 Å². The number of amides is 1. The zero-order valence-electron chi connectivity index (χ0n) is 20.2. The van der Waals surface area contributed by atoms with E-state index in [1.165, 1.54) is 0 Å². The van der Waals surface area contributed by atoms with E-state index in [1.807, 2.05) is 58.9 Å². The van der Waals surface area contributed by atoms with Gasteiger partial charge in [-0.3, -0.25) is 14.8 Å². The smallest absolute Gasteiger partial charge is 0.236 e. The van der Waals surface area contributed by atoms with Crippen LogP contribution < -0.4 is 5.32 Å². The lowest BCUT2D eigenvalue weighted by atomic mass is 9.94. The fourth-order valence-electron chi connectivity index (χ4n) is 5.02. The van der Waals surface area contributed by atoms with Crippen molar-refractivity contribution in [2.75, 3.05) is 18.5 Å². The van der Waals surface area contributed by atoms with Crippen LogP contribution in [0.15, 0.2) is 78.0 Å². The highest BCUT2D eigenvalue weighted by atomic mass is 32.2. The Bertz CT molecular complexity index is 1490. The number of carbonyl (C=O) groups is 1. The van der Waals surface area contributed by atoms with E-state index in [2.05, 4.69) is 20.3 Å². The Labute approximate surface area is 217 Å². The Morgan fingerprint density at radius 3 is 2.59 bits per heavy atom. The standard InChI is InChI=1S/C28H27N5O3S/c34-18-21-3-2-16-33(21)37(36)22-9-6-19(7-10-22)23-4-1-5-26(31-23)32-27(35)28(12-13-28)20-8-11-24-25(17-20)30-15-14-29-24/h1,4-11,14-15,17,21,34H,2-3,12-13,16,18H2,(H,31,32,35)/t21-,37?/m0/s1. The molecule has 1 aliphatic carbocycles. The number of pyridine rings is 1. The molecule has 8 nitrogen and oxygen atoms in total. The van der Waals surface area contributed by atoms with Crippen molar-refractivity contribution in [2.24, 2.45) is 0 Å². The van der Waals surface area contributed by atoms with Crippen LogP contribution in [0.4, 0.5) is 5.82 Å². The first kappa shape index (κ1) is 23.8. The van der Waals surface area contributed by atoms with Crippen LogP contribution in [0.2, 0.25) is 0 Å². The van der Waals surface area contributed by atoms with Gasteiger partial charge in [0, 0.05) is 30.5 Å². The minimum Gasteiger partial charge on any atom is -0.395 e. The maximum Gasteiger partial charge on any atom is 0.236 e. The average Bonchev–Trinajstić information content (AvgIpc) is 3.63. The molecule has 188 valence electrons. The number of hydrogen-bond acceptors (Lipinski definition) is 6. The molecular weight excluding hydrogens is 486 g/mol. The van der Waals surface area contributed by atoms with Gasteiger partial charge in [-0.25, -0.2) is 13.5 Å². The fourth-order valence-corrected chi connectivity index (χ4v) is 6.40. The van der Waals surface area contributed by atoms with E-state index in [0.29, 0.717) is 10.7 Å². The van der Waals surface area contributed by atoms with Gasteiger partial charge in [0.15, 0.2) is 0 Å². The summed E-state index contributed by atoms with van der Waals surface area (Å²) in [6.07, 6.45) is 6.66. The minimum atomic E-state index is -1.31. The number of nitrogens with zero attached hydrogens (tertiary/aromatic N) is 4. The van der Waals surface area contributed by atoms with Crippen LogP contribution in [0.5, 0.6) is 0 Å². The van der Waals surface area contributed by atoms with E-state index in [1.54, 1.807) is 18.5 Å². The summed E-state index contributed by atoms with van der Waals surface area (Å²) in [4.78, 5) is 27.4. The Hall–Kier alpha value is -3.53. The van der Waals surface area contributed by atoms with E-state index in [0.717, 1.165) is 60.1 Å². The largest absolute Gasteiger partial charge is 0.395 e. The molecule has 2 atom stereocenters. The molecule has 1 aliphatic heterocycles. The Morgan fingerprint density at radius 1 is 1.05 bits per heavy atom. The van der Waals surface area contributed by atoms with E-state index >= 15 is 0 Å². The molecule has 1 saturated carbocycles. The van der Waals surface area contributed by atoms with Crippen molar-refractivity contribution in [2.45, 2.75) is 42.0 Å². The SMILES string of the molecule is O=C(Nc1cccc(-c2ccc(S(=O)N3CCC[C@H]3CO)cc2)n1)C1(c2ccc3nccnc3c2)CC1. The summed E-state index contributed by atoms with van der Waals surface area (Å²) in [5.41, 5.74) is 3.54. The van der Waals surface area contributed by atoms with Crippen LogP contribution in [0, 0.1) is 0 Å². The molecule has 3 heterocycles. The molecule has 9 heteroatoms. The summed E-state index contributed by atoms with van der Waals surface area (Å²) in [6.45, 7) is 0.736. The molecule has 2 N–H and O–H groups in total. The van der Waals surface area contributed by atoms with Gasteiger partial charge in [-0.15, -0.1) is 0 Å². The number of hydrogen-bond donors (Lipinski definition) is 2. The molecule has 0 spiro atoms. The molecule has 6 rings (SSSR count). The van der Waals surface area contributed by atoms with Gasteiger partial charge in [-0.2, -0.15) is 0 Å². The molecule has 4 aromatic rings. The lowest BCUT2D eigenvalue weighted by Crippen LogP contribution is -2.33. The molecule has 2 aromatic carbocycles. The third-order valence-electron chi connectivity index (χ3n) is 7.30. The fraction of sp³-hybridized carbons (Fsp3) is 0.286. The third-order valence-corrected chi connectivity index (χ3v) is 8.88. The van der Waals surface area contributed by atoms with Crippen molar-refractivity contribution in [3.05, 3.63) is 78.6 Å². The number of carbonyl (C=O) groups excluding carboxylic acids is 1. The van der Waals surface area contributed by atoms with Crippen molar-refractivity contribution in [1.82, 2.24) is 19.3 Å². The number of rotatable bonds is 7. The van der Waals surface area contributed by atoms with Gasteiger partial charge in [0.1, 0.15) is 16.8 Å². The van der Waals surface area contributed by atoms with E-state index < -0.39 is 16.4 Å². The van der Waals surface area contributed by atoms with Crippen LogP contribution >= 0.6 is 0 Å². The number of aromatic nitrogens is 3. The summed E-state index contributed by atoms with van der Waals surface area (Å²) in [7, 11) is -1.31. The van der Waals surface area contributed by atoms with Crippen LogP contribution in [-0.2, 0) is 21.2 Å². The van der Waals surface area contributed by atoms with Gasteiger partial charge in [-0.05, 0) is 67.6 Å². The van der Waals surface area contributed by atoms with Crippen LogP contribution in [0.1, 0.15) is 31.2 Å². The molecule has 0 bridgehead atoms. The van der Waals surface area contributed by atoms with E-state index in [4.69, 9.17) is 0 Å². The molecule has 2 aliphatic rings.